The molecule has 1 amide bonds. The number of likely N-dealkylation sites (tertiary alicyclic amines) is 2. The smallest absolute Gasteiger partial charge is 0.238 e. The van der Waals surface area contributed by atoms with Crippen molar-refractivity contribution >= 4 is 5.91 Å². The van der Waals surface area contributed by atoms with Crippen LogP contribution < -0.4 is 11.3 Å². The maximum absolute atomic E-state index is 11.6. The molecule has 0 radical (unpaired) electrons. The maximum Gasteiger partial charge on any atom is 0.238 e. The van der Waals surface area contributed by atoms with E-state index in [2.05, 4.69) is 22.1 Å². The summed E-state index contributed by atoms with van der Waals surface area (Å²) in [5.74, 6) is 5.10. The SMILES string of the molecule is CC(C(=O)NN)C(C)N1CCC(N2CCCC2)C1. The maximum atomic E-state index is 11.6. The van der Waals surface area contributed by atoms with E-state index >= 15 is 0 Å². The minimum Gasteiger partial charge on any atom is -0.299 e. The fourth-order valence-electron chi connectivity index (χ4n) is 3.21. The molecule has 5 heteroatoms. The number of hydrogen-bond donors (Lipinski definition) is 2. The first-order valence-electron chi connectivity index (χ1n) is 7.12. The molecule has 18 heavy (non-hydrogen) atoms. The van der Waals surface area contributed by atoms with Crippen LogP contribution >= 0.6 is 0 Å². The van der Waals surface area contributed by atoms with Gasteiger partial charge in [-0.2, -0.15) is 0 Å². The minimum atomic E-state index is -0.0628. The predicted molar refractivity (Wildman–Crippen MR) is 71.7 cm³/mol. The highest BCUT2D eigenvalue weighted by atomic mass is 16.2. The molecule has 2 rings (SSSR count). The van der Waals surface area contributed by atoms with Crippen LogP contribution in [0.15, 0.2) is 0 Å². The highest BCUT2D eigenvalue weighted by Gasteiger charge is 2.34. The lowest BCUT2D eigenvalue weighted by atomic mass is 10.0. The van der Waals surface area contributed by atoms with Crippen molar-refractivity contribution in [2.45, 2.75) is 45.2 Å². The lowest BCUT2D eigenvalue weighted by Crippen LogP contribution is -2.46. The van der Waals surface area contributed by atoms with Gasteiger partial charge in [-0.25, -0.2) is 5.84 Å². The van der Waals surface area contributed by atoms with Crippen molar-refractivity contribution in [2.75, 3.05) is 26.2 Å². The summed E-state index contributed by atoms with van der Waals surface area (Å²) >= 11 is 0. The van der Waals surface area contributed by atoms with E-state index < -0.39 is 0 Å². The van der Waals surface area contributed by atoms with E-state index in [1.807, 2.05) is 6.92 Å². The lowest BCUT2D eigenvalue weighted by Gasteiger charge is -2.30. The Hall–Kier alpha value is -0.650. The third kappa shape index (κ3) is 2.84. The van der Waals surface area contributed by atoms with Crippen molar-refractivity contribution in [1.29, 1.82) is 0 Å². The number of nitrogens with two attached hydrogens (primary N) is 1. The highest BCUT2D eigenvalue weighted by Crippen LogP contribution is 2.24. The average molecular weight is 254 g/mol. The highest BCUT2D eigenvalue weighted by molar-refractivity contribution is 5.78. The number of amides is 1. The quantitative estimate of drug-likeness (QED) is 0.426. The molecule has 2 saturated heterocycles. The van der Waals surface area contributed by atoms with E-state index in [0.717, 1.165) is 13.1 Å². The molecule has 0 bridgehead atoms. The van der Waals surface area contributed by atoms with Crippen LogP contribution in [-0.4, -0.2) is 54.0 Å². The Morgan fingerprint density at radius 3 is 2.56 bits per heavy atom. The van der Waals surface area contributed by atoms with Crippen LogP contribution in [0.25, 0.3) is 0 Å². The molecule has 2 aliphatic heterocycles. The molecule has 0 aromatic heterocycles. The van der Waals surface area contributed by atoms with Crippen LogP contribution in [-0.2, 0) is 4.79 Å². The van der Waals surface area contributed by atoms with Crippen LogP contribution in [0, 0.1) is 5.92 Å². The number of carbonyl (C=O) groups excluding carboxylic acids is 1. The summed E-state index contributed by atoms with van der Waals surface area (Å²) < 4.78 is 0. The van der Waals surface area contributed by atoms with Gasteiger partial charge >= 0.3 is 0 Å². The van der Waals surface area contributed by atoms with E-state index in [4.69, 9.17) is 5.84 Å². The van der Waals surface area contributed by atoms with E-state index in [0.29, 0.717) is 6.04 Å². The molecule has 2 heterocycles. The van der Waals surface area contributed by atoms with Crippen molar-refractivity contribution in [3.05, 3.63) is 0 Å². The molecular weight excluding hydrogens is 228 g/mol. The summed E-state index contributed by atoms with van der Waals surface area (Å²) in [6, 6.07) is 0.962. The van der Waals surface area contributed by atoms with E-state index in [9.17, 15) is 4.79 Å². The number of nitrogens with one attached hydrogen (secondary N) is 1. The number of hydrogen-bond acceptors (Lipinski definition) is 4. The summed E-state index contributed by atoms with van der Waals surface area (Å²) in [5.41, 5.74) is 2.26. The van der Waals surface area contributed by atoms with E-state index in [1.165, 1.54) is 32.4 Å². The largest absolute Gasteiger partial charge is 0.299 e. The molecule has 3 atom stereocenters. The third-order valence-corrected chi connectivity index (χ3v) is 4.71. The predicted octanol–water partition coefficient (Wildman–Crippen LogP) is 0.171. The van der Waals surface area contributed by atoms with Gasteiger partial charge in [0.2, 0.25) is 5.91 Å². The standard InChI is InChI=1S/C13H26N4O/c1-10(13(18)15-14)11(2)17-8-5-12(9-17)16-6-3-4-7-16/h10-12H,3-9,14H2,1-2H3,(H,15,18). The molecule has 0 saturated carbocycles. The minimum absolute atomic E-state index is 0.0488. The van der Waals surface area contributed by atoms with Gasteiger partial charge in [-0.05, 0) is 39.3 Å². The van der Waals surface area contributed by atoms with Crippen LogP contribution in [0.4, 0.5) is 0 Å². The molecule has 3 N–H and O–H groups in total. The van der Waals surface area contributed by atoms with Gasteiger partial charge in [-0.3, -0.25) is 20.0 Å². The van der Waals surface area contributed by atoms with Crippen LogP contribution in [0.5, 0.6) is 0 Å². The van der Waals surface area contributed by atoms with Crippen molar-refractivity contribution in [1.82, 2.24) is 15.2 Å². The van der Waals surface area contributed by atoms with Gasteiger partial charge in [0.1, 0.15) is 0 Å². The molecule has 104 valence electrons. The van der Waals surface area contributed by atoms with Gasteiger partial charge in [-0.15, -0.1) is 0 Å². The number of hydrazine groups is 1. The van der Waals surface area contributed by atoms with Gasteiger partial charge in [0, 0.05) is 25.2 Å². The fraction of sp³-hybridized carbons (Fsp3) is 0.923. The zero-order valence-corrected chi connectivity index (χ0v) is 11.6. The van der Waals surface area contributed by atoms with Crippen molar-refractivity contribution in [3.8, 4) is 0 Å². The van der Waals surface area contributed by atoms with Crippen LogP contribution in [0.2, 0.25) is 0 Å². The zero-order chi connectivity index (χ0) is 13.1. The fourth-order valence-corrected chi connectivity index (χ4v) is 3.21. The number of carbonyl (C=O) groups is 1. The molecule has 0 spiro atoms. The first-order valence-corrected chi connectivity index (χ1v) is 7.12. The molecule has 5 nitrogen and oxygen atoms in total. The first kappa shape index (κ1) is 13.8. The second kappa shape index (κ2) is 5.99. The zero-order valence-electron chi connectivity index (χ0n) is 11.6. The molecule has 2 aliphatic rings. The van der Waals surface area contributed by atoms with Crippen molar-refractivity contribution in [3.63, 3.8) is 0 Å². The van der Waals surface area contributed by atoms with Gasteiger partial charge in [0.05, 0.1) is 5.92 Å². The Labute approximate surface area is 110 Å². The molecule has 0 aliphatic carbocycles. The third-order valence-electron chi connectivity index (χ3n) is 4.71. The van der Waals surface area contributed by atoms with Crippen molar-refractivity contribution < 1.29 is 4.79 Å². The summed E-state index contributed by atoms with van der Waals surface area (Å²) in [6.07, 6.45) is 3.93. The van der Waals surface area contributed by atoms with Crippen LogP contribution in [0.1, 0.15) is 33.1 Å². The molecule has 0 aromatic carbocycles. The summed E-state index contributed by atoms with van der Waals surface area (Å²) in [7, 11) is 0. The monoisotopic (exact) mass is 254 g/mol. The Morgan fingerprint density at radius 2 is 1.94 bits per heavy atom. The molecule has 0 aromatic rings. The second-order valence-corrected chi connectivity index (χ2v) is 5.72. The van der Waals surface area contributed by atoms with Crippen molar-refractivity contribution in [2.24, 2.45) is 11.8 Å². The van der Waals surface area contributed by atoms with Gasteiger partial charge in [0.15, 0.2) is 0 Å². The topological polar surface area (TPSA) is 61.6 Å². The number of nitrogens with zero attached hydrogens (tertiary/aromatic N) is 2. The Morgan fingerprint density at radius 1 is 1.28 bits per heavy atom. The number of rotatable bonds is 4. The van der Waals surface area contributed by atoms with E-state index in [-0.39, 0.29) is 17.9 Å². The Kier molecular flexibility index (Phi) is 4.59. The Balaban J connectivity index is 1.85. The summed E-state index contributed by atoms with van der Waals surface area (Å²) in [4.78, 5) is 16.6. The van der Waals surface area contributed by atoms with Gasteiger partial charge < -0.3 is 0 Å². The normalized spacial score (nSPS) is 29.4. The Bertz CT molecular complexity index is 291. The molecule has 2 fully saturated rings. The van der Waals surface area contributed by atoms with Crippen LogP contribution in [0.3, 0.4) is 0 Å². The molecule has 3 unspecified atom stereocenters. The summed E-state index contributed by atoms with van der Waals surface area (Å²) in [6.45, 7) is 8.80. The molecular formula is C13H26N4O. The van der Waals surface area contributed by atoms with E-state index in [1.54, 1.807) is 0 Å². The first-order chi connectivity index (χ1) is 8.63. The lowest BCUT2D eigenvalue weighted by molar-refractivity contribution is -0.126. The van der Waals surface area contributed by atoms with Gasteiger partial charge in [-0.1, -0.05) is 6.92 Å². The summed E-state index contributed by atoms with van der Waals surface area (Å²) in [5, 5.41) is 0. The van der Waals surface area contributed by atoms with Gasteiger partial charge in [0.25, 0.3) is 0 Å². The second-order valence-electron chi connectivity index (χ2n) is 5.72. The average Bonchev–Trinajstić information content (AvgIpc) is 3.05.